The molecule has 1 atom stereocenters. The van der Waals surface area contributed by atoms with Gasteiger partial charge in [-0.3, -0.25) is 10.2 Å². The predicted molar refractivity (Wildman–Crippen MR) is 71.5 cm³/mol. The van der Waals surface area contributed by atoms with E-state index < -0.39 is 11.3 Å². The van der Waals surface area contributed by atoms with E-state index in [-0.39, 0.29) is 12.3 Å². The second kappa shape index (κ2) is 4.78. The Morgan fingerprint density at radius 2 is 2.20 bits per heavy atom. The fraction of sp³-hybridized carbons (Fsp3) is 0.429. The lowest BCUT2D eigenvalue weighted by molar-refractivity contribution is -0.159. The summed E-state index contributed by atoms with van der Waals surface area (Å²) in [5, 5.41) is 19.6. The minimum absolute atomic E-state index is 0.213. The molecule has 3 N–H and O–H groups in total. The van der Waals surface area contributed by atoms with Crippen LogP contribution in [-0.2, 0) is 11.2 Å². The van der Waals surface area contributed by atoms with Gasteiger partial charge in [0, 0.05) is 13.3 Å². The fourth-order valence-corrected chi connectivity index (χ4v) is 2.12. The van der Waals surface area contributed by atoms with Gasteiger partial charge in [-0.1, -0.05) is 0 Å². The van der Waals surface area contributed by atoms with Crippen LogP contribution in [-0.4, -0.2) is 22.3 Å². The van der Waals surface area contributed by atoms with Gasteiger partial charge < -0.3 is 9.84 Å². The van der Waals surface area contributed by atoms with Gasteiger partial charge in [0.15, 0.2) is 5.72 Å². The fourth-order valence-electron chi connectivity index (χ4n) is 2.12. The normalized spacial score (nSPS) is 23.1. The predicted octanol–water partition coefficient (Wildman–Crippen LogP) is 0.601. The first-order valence-electron chi connectivity index (χ1n) is 6.25. The van der Waals surface area contributed by atoms with E-state index in [0.29, 0.717) is 16.9 Å². The Hall–Kier alpha value is -2.10. The Morgan fingerprint density at radius 3 is 2.80 bits per heavy atom. The second-order valence-electron chi connectivity index (χ2n) is 5.39. The molecule has 0 radical (unpaired) electrons. The molecule has 106 valence electrons. The molecule has 1 amide bonds. The third-order valence-corrected chi connectivity index (χ3v) is 3.44. The van der Waals surface area contributed by atoms with Crippen LogP contribution in [0.3, 0.4) is 0 Å². The first kappa shape index (κ1) is 14.3. The first-order chi connectivity index (χ1) is 9.27. The first-order valence-corrected chi connectivity index (χ1v) is 6.25. The average Bonchev–Trinajstić information content (AvgIpc) is 2.37. The van der Waals surface area contributed by atoms with E-state index in [9.17, 15) is 9.90 Å². The van der Waals surface area contributed by atoms with E-state index in [4.69, 9.17) is 10.00 Å². The van der Waals surface area contributed by atoms with Gasteiger partial charge in [-0.05, 0) is 37.6 Å². The van der Waals surface area contributed by atoms with Crippen LogP contribution in [0.4, 0.5) is 0 Å². The Labute approximate surface area is 117 Å². The standard InChI is InChI=1S/C14H17N3O3/c1-9(18)16-17-14(19)7-11-6-10(8-15)4-5-12(11)20-13(14,2)3/h4-6,17,19H,7H2,1-3H3,(H,16,18). The molecule has 6 heteroatoms. The van der Waals surface area contributed by atoms with Gasteiger partial charge in [-0.25, -0.2) is 5.43 Å². The number of ether oxygens (including phenoxy) is 1. The molecule has 6 nitrogen and oxygen atoms in total. The number of carbonyl (C=O) groups is 1. The highest BCUT2D eigenvalue weighted by Gasteiger charge is 2.49. The van der Waals surface area contributed by atoms with E-state index in [1.165, 1.54) is 6.92 Å². The number of fused-ring (bicyclic) bond motifs is 1. The molecule has 1 aliphatic heterocycles. The van der Waals surface area contributed by atoms with Crippen molar-refractivity contribution in [3.8, 4) is 11.8 Å². The zero-order valence-corrected chi connectivity index (χ0v) is 11.7. The molecule has 0 saturated heterocycles. The number of nitriles is 1. The summed E-state index contributed by atoms with van der Waals surface area (Å²) in [6, 6.07) is 7.10. The average molecular weight is 275 g/mol. The maximum atomic E-state index is 11.0. The van der Waals surface area contributed by atoms with Crippen LogP contribution in [0.2, 0.25) is 0 Å². The molecule has 1 aromatic rings. The molecule has 0 saturated carbocycles. The maximum absolute atomic E-state index is 11.0. The second-order valence-corrected chi connectivity index (χ2v) is 5.39. The number of nitrogens with zero attached hydrogens (tertiary/aromatic N) is 1. The van der Waals surface area contributed by atoms with Gasteiger partial charge in [-0.15, -0.1) is 0 Å². The molecule has 2 rings (SSSR count). The Bertz CT molecular complexity index is 592. The van der Waals surface area contributed by atoms with Crippen molar-refractivity contribution >= 4 is 5.91 Å². The number of hydrogen-bond donors (Lipinski definition) is 3. The molecule has 0 fully saturated rings. The monoisotopic (exact) mass is 275 g/mol. The van der Waals surface area contributed by atoms with E-state index in [2.05, 4.69) is 10.9 Å². The van der Waals surface area contributed by atoms with E-state index >= 15 is 0 Å². The molecule has 1 aliphatic rings. The molecule has 0 bridgehead atoms. The Balaban J connectivity index is 2.35. The number of hydrazine groups is 1. The molecular weight excluding hydrogens is 258 g/mol. The van der Waals surface area contributed by atoms with Crippen molar-refractivity contribution in [3.63, 3.8) is 0 Å². The molecule has 1 aromatic carbocycles. The summed E-state index contributed by atoms with van der Waals surface area (Å²) in [5.74, 6) is 0.314. The summed E-state index contributed by atoms with van der Waals surface area (Å²) < 4.78 is 5.79. The molecular formula is C14H17N3O3. The molecule has 20 heavy (non-hydrogen) atoms. The molecule has 1 unspecified atom stereocenters. The smallest absolute Gasteiger partial charge is 0.231 e. The molecule has 0 spiro atoms. The van der Waals surface area contributed by atoms with Gasteiger partial charge in [0.25, 0.3) is 0 Å². The Morgan fingerprint density at radius 1 is 1.50 bits per heavy atom. The van der Waals surface area contributed by atoms with Crippen molar-refractivity contribution in [1.82, 2.24) is 10.9 Å². The number of nitrogens with one attached hydrogen (secondary N) is 2. The third kappa shape index (κ3) is 2.46. The van der Waals surface area contributed by atoms with E-state index in [0.717, 1.165) is 0 Å². The van der Waals surface area contributed by atoms with Crippen LogP contribution in [0.1, 0.15) is 31.9 Å². The summed E-state index contributed by atoms with van der Waals surface area (Å²) in [7, 11) is 0. The van der Waals surface area contributed by atoms with Crippen LogP contribution in [0.5, 0.6) is 5.75 Å². The summed E-state index contributed by atoms with van der Waals surface area (Å²) in [4.78, 5) is 11.0. The lowest BCUT2D eigenvalue weighted by Gasteiger charge is -2.46. The molecule has 1 heterocycles. The zero-order valence-electron chi connectivity index (χ0n) is 11.7. The number of rotatable bonds is 2. The van der Waals surface area contributed by atoms with Crippen molar-refractivity contribution in [2.24, 2.45) is 0 Å². The van der Waals surface area contributed by atoms with Crippen molar-refractivity contribution < 1.29 is 14.6 Å². The summed E-state index contributed by atoms with van der Waals surface area (Å²) in [6.45, 7) is 4.79. The van der Waals surface area contributed by atoms with Crippen molar-refractivity contribution in [2.45, 2.75) is 38.5 Å². The van der Waals surface area contributed by atoms with Crippen LogP contribution in [0.15, 0.2) is 18.2 Å². The lowest BCUT2D eigenvalue weighted by Crippen LogP contribution is -2.69. The SMILES string of the molecule is CC(=O)NNC1(O)Cc2cc(C#N)ccc2OC1(C)C. The van der Waals surface area contributed by atoms with E-state index in [1.807, 2.05) is 6.07 Å². The van der Waals surface area contributed by atoms with Gasteiger partial charge >= 0.3 is 0 Å². The van der Waals surface area contributed by atoms with E-state index in [1.54, 1.807) is 32.0 Å². The molecule has 0 aromatic heterocycles. The minimum Gasteiger partial charge on any atom is -0.483 e. The quantitative estimate of drug-likeness (QED) is 0.543. The summed E-state index contributed by atoms with van der Waals surface area (Å²) in [5.41, 5.74) is 3.79. The number of aliphatic hydroxyl groups is 1. The maximum Gasteiger partial charge on any atom is 0.231 e. The number of amides is 1. The van der Waals surface area contributed by atoms with Crippen LogP contribution >= 0.6 is 0 Å². The number of hydrogen-bond acceptors (Lipinski definition) is 5. The van der Waals surface area contributed by atoms with Crippen LogP contribution < -0.4 is 15.6 Å². The van der Waals surface area contributed by atoms with Crippen molar-refractivity contribution in [1.29, 1.82) is 5.26 Å². The number of benzene rings is 1. The zero-order chi connectivity index (χ0) is 15.0. The topological polar surface area (TPSA) is 94.4 Å². The number of carbonyl (C=O) groups excluding carboxylic acids is 1. The Kier molecular flexibility index (Phi) is 3.42. The van der Waals surface area contributed by atoms with Crippen molar-refractivity contribution in [3.05, 3.63) is 29.3 Å². The lowest BCUT2D eigenvalue weighted by atomic mass is 9.85. The van der Waals surface area contributed by atoms with Gasteiger partial charge in [0.2, 0.25) is 5.91 Å². The van der Waals surface area contributed by atoms with Gasteiger partial charge in [-0.2, -0.15) is 5.26 Å². The third-order valence-electron chi connectivity index (χ3n) is 3.44. The highest BCUT2D eigenvalue weighted by atomic mass is 16.5. The van der Waals surface area contributed by atoms with Crippen molar-refractivity contribution in [2.75, 3.05) is 0 Å². The highest BCUT2D eigenvalue weighted by Crippen LogP contribution is 2.38. The molecule has 0 aliphatic carbocycles. The van der Waals surface area contributed by atoms with Gasteiger partial charge in [0.05, 0.1) is 11.6 Å². The van der Waals surface area contributed by atoms with Crippen LogP contribution in [0, 0.1) is 11.3 Å². The summed E-state index contributed by atoms with van der Waals surface area (Å²) in [6.07, 6.45) is 0.213. The van der Waals surface area contributed by atoms with Crippen LogP contribution in [0.25, 0.3) is 0 Å². The highest BCUT2D eigenvalue weighted by molar-refractivity contribution is 5.72. The summed E-state index contributed by atoms with van der Waals surface area (Å²) >= 11 is 0. The van der Waals surface area contributed by atoms with Gasteiger partial charge in [0.1, 0.15) is 11.4 Å². The minimum atomic E-state index is -1.47. The largest absolute Gasteiger partial charge is 0.483 e.